The molecule has 0 bridgehead atoms. The molecular formula is C13H14Cl2N2O2. The van der Waals surface area contributed by atoms with Gasteiger partial charge in [-0.25, -0.2) is 9.78 Å². The number of alkyl carbamates (subject to hydrolysis) is 1. The molecule has 0 atom stereocenters. The lowest BCUT2D eigenvalue weighted by Gasteiger charge is -2.18. The Hall–Kier alpha value is -1.44. The van der Waals surface area contributed by atoms with Crippen LogP contribution in [0.3, 0.4) is 0 Å². The van der Waals surface area contributed by atoms with Gasteiger partial charge >= 0.3 is 6.09 Å². The van der Waals surface area contributed by atoms with Gasteiger partial charge in [0, 0.05) is 6.20 Å². The van der Waals surface area contributed by atoms with E-state index in [1.54, 1.807) is 26.8 Å². The lowest BCUT2D eigenvalue weighted by atomic mass is 10.2. The highest BCUT2D eigenvalue weighted by molar-refractivity contribution is 6.32. The smallest absolute Gasteiger partial charge is 0.408 e. The van der Waals surface area contributed by atoms with Gasteiger partial charge in [-0.3, -0.25) is 0 Å². The van der Waals surface area contributed by atoms with Crippen molar-refractivity contribution in [3.8, 4) is 11.8 Å². The van der Waals surface area contributed by atoms with Crippen LogP contribution in [0.4, 0.5) is 4.79 Å². The third-order valence-corrected chi connectivity index (χ3v) is 2.26. The van der Waals surface area contributed by atoms with Crippen LogP contribution in [0.5, 0.6) is 0 Å². The number of nitrogens with zero attached hydrogens (tertiary/aromatic N) is 1. The van der Waals surface area contributed by atoms with E-state index in [1.165, 1.54) is 6.20 Å². The van der Waals surface area contributed by atoms with Crippen LogP contribution in [-0.4, -0.2) is 23.2 Å². The Bertz CT molecular complexity index is 528. The quantitative estimate of drug-likeness (QED) is 0.640. The Labute approximate surface area is 122 Å². The van der Waals surface area contributed by atoms with Crippen LogP contribution in [0, 0.1) is 11.8 Å². The number of ether oxygens (including phenoxy) is 1. The molecule has 0 aliphatic carbocycles. The molecular weight excluding hydrogens is 287 g/mol. The largest absolute Gasteiger partial charge is 0.444 e. The third-order valence-electron chi connectivity index (χ3n) is 1.75. The fourth-order valence-corrected chi connectivity index (χ4v) is 1.39. The molecule has 1 rings (SSSR count). The van der Waals surface area contributed by atoms with Crippen molar-refractivity contribution in [3.05, 3.63) is 28.0 Å². The van der Waals surface area contributed by atoms with Gasteiger partial charge in [-0.2, -0.15) is 0 Å². The summed E-state index contributed by atoms with van der Waals surface area (Å²) in [5.74, 6) is 5.51. The van der Waals surface area contributed by atoms with Crippen LogP contribution >= 0.6 is 23.2 Å². The Balaban J connectivity index is 2.52. The molecule has 1 aromatic heterocycles. The summed E-state index contributed by atoms with van der Waals surface area (Å²) in [7, 11) is 0. The minimum atomic E-state index is -0.530. The summed E-state index contributed by atoms with van der Waals surface area (Å²) in [6.45, 7) is 5.51. The number of halogens is 2. The van der Waals surface area contributed by atoms with E-state index >= 15 is 0 Å². The minimum absolute atomic E-state index is 0.151. The summed E-state index contributed by atoms with van der Waals surface area (Å²) in [6.07, 6.45) is 0.922. The molecule has 0 aromatic carbocycles. The van der Waals surface area contributed by atoms with Gasteiger partial charge < -0.3 is 10.1 Å². The number of hydrogen-bond acceptors (Lipinski definition) is 3. The zero-order valence-corrected chi connectivity index (χ0v) is 12.4. The molecule has 1 heterocycles. The van der Waals surface area contributed by atoms with Gasteiger partial charge in [-0.15, -0.1) is 0 Å². The predicted octanol–water partition coefficient (Wildman–Crippen LogP) is 3.26. The minimum Gasteiger partial charge on any atom is -0.444 e. The number of rotatable bonds is 1. The molecule has 102 valence electrons. The number of carbonyl (C=O) groups is 1. The molecule has 0 spiro atoms. The van der Waals surface area contributed by atoms with E-state index in [2.05, 4.69) is 22.1 Å². The number of hydrogen-bond donors (Lipinski definition) is 1. The van der Waals surface area contributed by atoms with Crippen LogP contribution in [0.1, 0.15) is 26.3 Å². The number of aromatic nitrogens is 1. The van der Waals surface area contributed by atoms with E-state index < -0.39 is 11.7 Å². The molecule has 0 fully saturated rings. The van der Waals surface area contributed by atoms with Crippen molar-refractivity contribution < 1.29 is 9.53 Å². The summed E-state index contributed by atoms with van der Waals surface area (Å²) in [5.41, 5.74) is -0.0160. The number of carbonyl (C=O) groups excluding carboxylic acids is 1. The monoisotopic (exact) mass is 300 g/mol. The van der Waals surface area contributed by atoms with Gasteiger partial charge in [0.15, 0.2) is 0 Å². The molecule has 6 heteroatoms. The van der Waals surface area contributed by atoms with E-state index in [1.807, 2.05) is 0 Å². The fraction of sp³-hybridized carbons (Fsp3) is 0.385. The van der Waals surface area contributed by atoms with Crippen molar-refractivity contribution in [1.82, 2.24) is 10.3 Å². The van der Waals surface area contributed by atoms with Crippen molar-refractivity contribution in [3.63, 3.8) is 0 Å². The van der Waals surface area contributed by atoms with Crippen molar-refractivity contribution in [2.24, 2.45) is 0 Å². The second-order valence-corrected chi connectivity index (χ2v) is 5.44. The normalized spacial score (nSPS) is 10.4. The van der Waals surface area contributed by atoms with Gasteiger partial charge in [0.05, 0.1) is 17.1 Å². The Morgan fingerprint density at radius 1 is 1.47 bits per heavy atom. The Morgan fingerprint density at radius 2 is 2.16 bits per heavy atom. The molecule has 0 saturated carbocycles. The zero-order valence-electron chi connectivity index (χ0n) is 10.9. The molecule has 0 aliphatic heterocycles. The lowest BCUT2D eigenvalue weighted by Crippen LogP contribution is -2.32. The van der Waals surface area contributed by atoms with Crippen LogP contribution in [0.15, 0.2) is 12.3 Å². The second-order valence-electron chi connectivity index (χ2n) is 4.65. The van der Waals surface area contributed by atoms with E-state index in [4.69, 9.17) is 27.9 Å². The molecule has 0 saturated heterocycles. The van der Waals surface area contributed by atoms with Gasteiger partial charge in [-0.1, -0.05) is 35.0 Å². The molecule has 1 N–H and O–H groups in total. The van der Waals surface area contributed by atoms with E-state index in [-0.39, 0.29) is 11.7 Å². The van der Waals surface area contributed by atoms with Crippen molar-refractivity contribution in [2.45, 2.75) is 26.4 Å². The van der Waals surface area contributed by atoms with Gasteiger partial charge in [-0.05, 0) is 26.8 Å². The Kier molecular flexibility index (Phi) is 5.46. The van der Waals surface area contributed by atoms with E-state index in [9.17, 15) is 4.79 Å². The molecule has 0 aliphatic rings. The summed E-state index contributed by atoms with van der Waals surface area (Å²) < 4.78 is 5.06. The SMILES string of the molecule is CC(C)(C)OC(=O)NCC#Cc1cc(Cl)cnc1Cl. The highest BCUT2D eigenvalue weighted by Gasteiger charge is 2.14. The van der Waals surface area contributed by atoms with Crippen molar-refractivity contribution >= 4 is 29.3 Å². The summed E-state index contributed by atoms with van der Waals surface area (Å²) in [4.78, 5) is 15.2. The van der Waals surface area contributed by atoms with E-state index in [0.717, 1.165) is 0 Å². The Morgan fingerprint density at radius 3 is 2.79 bits per heavy atom. The highest BCUT2D eigenvalue weighted by Crippen LogP contribution is 2.16. The zero-order chi connectivity index (χ0) is 14.5. The highest BCUT2D eigenvalue weighted by atomic mass is 35.5. The molecule has 4 nitrogen and oxygen atoms in total. The predicted molar refractivity (Wildman–Crippen MR) is 75.4 cm³/mol. The fourth-order valence-electron chi connectivity index (χ4n) is 1.08. The molecule has 0 unspecified atom stereocenters. The summed E-state index contributed by atoms with van der Waals surface area (Å²) in [6, 6.07) is 1.61. The summed E-state index contributed by atoms with van der Waals surface area (Å²) in [5, 5.41) is 3.24. The van der Waals surface area contributed by atoms with Crippen LogP contribution in [0.25, 0.3) is 0 Å². The summed E-state index contributed by atoms with van der Waals surface area (Å²) >= 11 is 11.6. The number of nitrogens with one attached hydrogen (secondary N) is 1. The second kappa shape index (κ2) is 6.65. The van der Waals surface area contributed by atoms with E-state index in [0.29, 0.717) is 10.6 Å². The van der Waals surface area contributed by atoms with Crippen LogP contribution in [0.2, 0.25) is 10.2 Å². The first-order valence-electron chi connectivity index (χ1n) is 5.55. The third kappa shape index (κ3) is 6.32. The molecule has 19 heavy (non-hydrogen) atoms. The maximum atomic E-state index is 11.3. The van der Waals surface area contributed by atoms with Crippen LogP contribution in [-0.2, 0) is 4.74 Å². The lowest BCUT2D eigenvalue weighted by molar-refractivity contribution is 0.0535. The van der Waals surface area contributed by atoms with Crippen molar-refractivity contribution in [2.75, 3.05) is 6.54 Å². The average molecular weight is 301 g/mol. The topological polar surface area (TPSA) is 51.2 Å². The molecule has 1 amide bonds. The maximum Gasteiger partial charge on any atom is 0.408 e. The first-order valence-corrected chi connectivity index (χ1v) is 6.30. The maximum absolute atomic E-state index is 11.3. The van der Waals surface area contributed by atoms with Crippen molar-refractivity contribution in [1.29, 1.82) is 0 Å². The first-order chi connectivity index (χ1) is 8.78. The molecule has 1 aromatic rings. The first kappa shape index (κ1) is 15.6. The van der Waals surface area contributed by atoms with Crippen LogP contribution < -0.4 is 5.32 Å². The van der Waals surface area contributed by atoms with Gasteiger partial charge in [0.25, 0.3) is 0 Å². The standard InChI is InChI=1S/C13H14Cl2N2O2/c1-13(2,3)19-12(18)16-6-4-5-9-7-10(14)8-17-11(9)15/h7-8H,6H2,1-3H3,(H,16,18). The number of amides is 1. The molecule has 0 radical (unpaired) electrons. The van der Waals surface area contributed by atoms with Gasteiger partial charge in [0.2, 0.25) is 0 Å². The number of pyridine rings is 1. The average Bonchev–Trinajstić information content (AvgIpc) is 2.26. The van der Waals surface area contributed by atoms with Gasteiger partial charge in [0.1, 0.15) is 10.8 Å².